The highest BCUT2D eigenvalue weighted by molar-refractivity contribution is 6.35. The summed E-state index contributed by atoms with van der Waals surface area (Å²) in [4.78, 5) is 25.9. The highest BCUT2D eigenvalue weighted by Crippen LogP contribution is 2.34. The molecule has 0 spiro atoms. The molecule has 200 valence electrons. The summed E-state index contributed by atoms with van der Waals surface area (Å²) in [5.41, 5.74) is 3.76. The third-order valence-electron chi connectivity index (χ3n) is 5.22. The third kappa shape index (κ3) is 8.28. The van der Waals surface area contributed by atoms with Crippen LogP contribution in [0.1, 0.15) is 25.0 Å². The second-order valence-corrected chi connectivity index (χ2v) is 9.35. The summed E-state index contributed by atoms with van der Waals surface area (Å²) in [5.74, 6) is -0.785. The second-order valence-electron chi connectivity index (χ2n) is 8.10. The Morgan fingerprint density at radius 3 is 2.42 bits per heavy atom. The molecule has 0 unspecified atom stereocenters. The van der Waals surface area contributed by atoms with Gasteiger partial charge in [0.15, 0.2) is 17.6 Å². The number of benzene rings is 3. The number of phenolic OH excluding ortho intramolecular Hbond substituents is 1. The summed E-state index contributed by atoms with van der Waals surface area (Å²) in [5, 5.41) is 17.5. The molecule has 0 aliphatic heterocycles. The van der Waals surface area contributed by atoms with E-state index < -0.39 is 24.0 Å². The van der Waals surface area contributed by atoms with Crippen molar-refractivity contribution >= 4 is 52.8 Å². The SMILES string of the molecule is CCOc1cc(/C=N\NC(=O)[C@@H](Cc2ccccc2)NC(=O)[C@H](C)Oc2ccc(Cl)cc2Cl)cc(Cl)c1O. The normalized spacial score (nSPS) is 12.6. The van der Waals surface area contributed by atoms with E-state index >= 15 is 0 Å². The molecule has 3 aromatic rings. The van der Waals surface area contributed by atoms with Gasteiger partial charge in [0.05, 0.1) is 22.9 Å². The Balaban J connectivity index is 1.72. The lowest BCUT2D eigenvalue weighted by atomic mass is 10.1. The van der Waals surface area contributed by atoms with Gasteiger partial charge in [-0.1, -0.05) is 65.1 Å². The maximum Gasteiger partial charge on any atom is 0.262 e. The van der Waals surface area contributed by atoms with E-state index in [4.69, 9.17) is 44.3 Å². The van der Waals surface area contributed by atoms with Gasteiger partial charge in [-0.25, -0.2) is 5.43 Å². The molecule has 0 aliphatic carbocycles. The second kappa shape index (κ2) is 13.9. The van der Waals surface area contributed by atoms with Crippen molar-refractivity contribution in [2.45, 2.75) is 32.4 Å². The molecule has 0 radical (unpaired) electrons. The van der Waals surface area contributed by atoms with E-state index in [9.17, 15) is 14.7 Å². The summed E-state index contributed by atoms with van der Waals surface area (Å²) in [6.45, 7) is 3.64. The van der Waals surface area contributed by atoms with Gasteiger partial charge in [0.25, 0.3) is 11.8 Å². The van der Waals surface area contributed by atoms with E-state index in [1.165, 1.54) is 24.4 Å². The van der Waals surface area contributed by atoms with Gasteiger partial charge in [-0.2, -0.15) is 5.10 Å². The van der Waals surface area contributed by atoms with Crippen LogP contribution in [0.3, 0.4) is 0 Å². The van der Waals surface area contributed by atoms with E-state index in [0.29, 0.717) is 17.2 Å². The zero-order valence-electron chi connectivity index (χ0n) is 20.6. The smallest absolute Gasteiger partial charge is 0.262 e. The van der Waals surface area contributed by atoms with Crippen LogP contribution in [0.4, 0.5) is 0 Å². The number of carbonyl (C=O) groups is 2. The summed E-state index contributed by atoms with van der Waals surface area (Å²) in [6, 6.07) is 15.9. The molecule has 0 aliphatic rings. The van der Waals surface area contributed by atoms with Gasteiger partial charge in [0.2, 0.25) is 0 Å². The lowest BCUT2D eigenvalue weighted by Crippen LogP contribution is -2.50. The largest absolute Gasteiger partial charge is 0.503 e. The molecule has 3 N–H and O–H groups in total. The minimum atomic E-state index is -0.962. The van der Waals surface area contributed by atoms with Crippen LogP contribution < -0.4 is 20.2 Å². The fourth-order valence-corrected chi connectivity index (χ4v) is 4.02. The van der Waals surface area contributed by atoms with E-state index in [2.05, 4.69) is 15.8 Å². The molecule has 0 saturated heterocycles. The zero-order valence-corrected chi connectivity index (χ0v) is 22.8. The molecule has 0 aromatic heterocycles. The van der Waals surface area contributed by atoms with Gasteiger partial charge in [-0.3, -0.25) is 9.59 Å². The van der Waals surface area contributed by atoms with Crippen molar-refractivity contribution in [1.82, 2.24) is 10.7 Å². The van der Waals surface area contributed by atoms with Crippen LogP contribution in [0, 0.1) is 0 Å². The average molecular weight is 579 g/mol. The number of phenols is 1. The number of nitrogens with zero attached hydrogens (tertiary/aromatic N) is 1. The number of rotatable bonds is 11. The average Bonchev–Trinajstić information content (AvgIpc) is 2.88. The van der Waals surface area contributed by atoms with Crippen molar-refractivity contribution in [3.05, 3.63) is 86.9 Å². The number of hydrazone groups is 1. The maximum atomic E-state index is 13.0. The fraction of sp³-hybridized carbons (Fsp3) is 0.222. The number of nitrogens with one attached hydrogen (secondary N) is 2. The highest BCUT2D eigenvalue weighted by Gasteiger charge is 2.25. The van der Waals surface area contributed by atoms with Crippen LogP contribution in [-0.4, -0.2) is 41.9 Å². The minimum Gasteiger partial charge on any atom is -0.503 e. The highest BCUT2D eigenvalue weighted by atomic mass is 35.5. The topological polar surface area (TPSA) is 109 Å². The maximum absolute atomic E-state index is 13.0. The summed E-state index contributed by atoms with van der Waals surface area (Å²) >= 11 is 18.1. The van der Waals surface area contributed by atoms with Crippen molar-refractivity contribution < 1.29 is 24.2 Å². The van der Waals surface area contributed by atoms with Crippen LogP contribution in [0.5, 0.6) is 17.2 Å². The minimum absolute atomic E-state index is 0.0766. The van der Waals surface area contributed by atoms with E-state index in [1.54, 1.807) is 26.0 Å². The molecule has 2 amide bonds. The molecule has 11 heteroatoms. The van der Waals surface area contributed by atoms with Crippen molar-refractivity contribution in [2.75, 3.05) is 6.61 Å². The Labute approximate surface area is 235 Å². The zero-order chi connectivity index (χ0) is 27.7. The number of carbonyl (C=O) groups excluding carboxylic acids is 2. The van der Waals surface area contributed by atoms with Gasteiger partial charge in [0.1, 0.15) is 11.8 Å². The van der Waals surface area contributed by atoms with Crippen LogP contribution in [0.2, 0.25) is 15.1 Å². The number of hydrogen-bond acceptors (Lipinski definition) is 6. The molecular weight excluding hydrogens is 553 g/mol. The van der Waals surface area contributed by atoms with Crippen molar-refractivity contribution in [3.63, 3.8) is 0 Å². The first-order chi connectivity index (χ1) is 18.2. The Kier molecular flexibility index (Phi) is 10.6. The molecule has 0 fully saturated rings. The quantitative estimate of drug-likeness (QED) is 0.209. The molecule has 3 rings (SSSR count). The molecule has 2 atom stereocenters. The summed E-state index contributed by atoms with van der Waals surface area (Å²) in [6.07, 6.45) is 0.600. The Hall–Kier alpha value is -3.46. The number of hydrogen-bond donors (Lipinski definition) is 3. The molecule has 38 heavy (non-hydrogen) atoms. The first-order valence-corrected chi connectivity index (χ1v) is 12.8. The van der Waals surface area contributed by atoms with Gasteiger partial charge in [-0.05, 0) is 55.3 Å². The van der Waals surface area contributed by atoms with Gasteiger partial charge in [-0.15, -0.1) is 0 Å². The third-order valence-corrected chi connectivity index (χ3v) is 6.04. The van der Waals surface area contributed by atoms with Crippen LogP contribution >= 0.6 is 34.8 Å². The van der Waals surface area contributed by atoms with Crippen molar-refractivity contribution in [3.8, 4) is 17.2 Å². The number of aromatic hydroxyl groups is 1. The van der Waals surface area contributed by atoms with Crippen LogP contribution in [0.25, 0.3) is 0 Å². The number of ether oxygens (including phenoxy) is 2. The first-order valence-electron chi connectivity index (χ1n) is 11.6. The number of amides is 2. The lowest BCUT2D eigenvalue weighted by molar-refractivity contribution is -0.132. The van der Waals surface area contributed by atoms with Gasteiger partial charge >= 0.3 is 0 Å². The van der Waals surface area contributed by atoms with Crippen LogP contribution in [0.15, 0.2) is 65.8 Å². The predicted octanol–water partition coefficient (Wildman–Crippen LogP) is 5.40. The van der Waals surface area contributed by atoms with Gasteiger partial charge < -0.3 is 19.9 Å². The Morgan fingerprint density at radius 2 is 1.74 bits per heavy atom. The standard InChI is InChI=1S/C27H26Cl3N3O5/c1-3-37-24-13-18(11-21(30)25(24)34)15-31-33-27(36)22(12-17-7-5-4-6-8-17)32-26(35)16(2)38-23-10-9-19(28)14-20(23)29/h4-11,13-16,22,34H,3,12H2,1-2H3,(H,32,35)(H,33,36)/b31-15-/t16-,22+/m0/s1. The first kappa shape index (κ1) is 29.1. The van der Waals surface area contributed by atoms with E-state index in [-0.39, 0.29) is 33.7 Å². The molecule has 0 heterocycles. The Morgan fingerprint density at radius 1 is 1.00 bits per heavy atom. The van der Waals surface area contributed by atoms with Crippen molar-refractivity contribution in [1.29, 1.82) is 0 Å². The molecule has 0 saturated carbocycles. The van der Waals surface area contributed by atoms with E-state index in [1.807, 2.05) is 30.3 Å². The molecule has 0 bridgehead atoms. The van der Waals surface area contributed by atoms with Gasteiger partial charge in [0, 0.05) is 11.4 Å². The molecule has 3 aromatic carbocycles. The predicted molar refractivity (Wildman–Crippen MR) is 149 cm³/mol. The number of halogens is 3. The molecular formula is C27H26Cl3N3O5. The van der Waals surface area contributed by atoms with Crippen LogP contribution in [-0.2, 0) is 16.0 Å². The summed E-state index contributed by atoms with van der Waals surface area (Å²) < 4.78 is 11.0. The molecule has 8 nitrogen and oxygen atoms in total. The summed E-state index contributed by atoms with van der Waals surface area (Å²) in [7, 11) is 0. The Bertz CT molecular complexity index is 1300. The van der Waals surface area contributed by atoms with E-state index in [0.717, 1.165) is 5.56 Å². The lowest BCUT2D eigenvalue weighted by Gasteiger charge is -2.21. The fourth-order valence-electron chi connectivity index (χ4n) is 3.35. The van der Waals surface area contributed by atoms with Crippen molar-refractivity contribution in [2.24, 2.45) is 5.10 Å². The monoisotopic (exact) mass is 577 g/mol.